The Balaban J connectivity index is 1.95. The molecule has 0 saturated carbocycles. The van der Waals surface area contributed by atoms with Crippen LogP contribution in [0.25, 0.3) is 0 Å². The molecule has 92 valence electrons. The molecular weight excluding hydrogens is 202 g/mol. The van der Waals surface area contributed by atoms with Gasteiger partial charge in [-0.05, 0) is 32.9 Å². The summed E-state index contributed by atoms with van der Waals surface area (Å²) in [7, 11) is 2.13. The first-order chi connectivity index (χ1) is 7.59. The van der Waals surface area contributed by atoms with E-state index >= 15 is 0 Å². The van der Waals surface area contributed by atoms with Crippen LogP contribution >= 0.6 is 0 Å². The number of amides is 1. The van der Waals surface area contributed by atoms with Crippen LogP contribution in [-0.4, -0.2) is 61.0 Å². The van der Waals surface area contributed by atoms with Crippen molar-refractivity contribution in [3.8, 4) is 0 Å². The summed E-state index contributed by atoms with van der Waals surface area (Å²) < 4.78 is 0. The number of piperazine rings is 1. The molecule has 4 heteroatoms. The summed E-state index contributed by atoms with van der Waals surface area (Å²) in [6.45, 7) is 8.09. The van der Waals surface area contributed by atoms with Crippen LogP contribution in [0.5, 0.6) is 0 Å². The molecule has 1 N–H and O–H groups in total. The molecule has 2 aliphatic rings. The number of carbonyl (C=O) groups excluding carboxylic acids is 1. The van der Waals surface area contributed by atoms with Gasteiger partial charge in [-0.15, -0.1) is 0 Å². The first-order valence-corrected chi connectivity index (χ1v) is 6.32. The molecule has 2 rings (SSSR count). The fourth-order valence-electron chi connectivity index (χ4n) is 2.61. The zero-order chi connectivity index (χ0) is 11.7. The minimum absolute atomic E-state index is 0.0654. The molecule has 0 aromatic heterocycles. The Kier molecular flexibility index (Phi) is 3.50. The second-order valence-corrected chi connectivity index (χ2v) is 5.31. The second-order valence-electron chi connectivity index (χ2n) is 5.31. The van der Waals surface area contributed by atoms with Crippen LogP contribution in [0.2, 0.25) is 0 Å². The summed E-state index contributed by atoms with van der Waals surface area (Å²) in [5.41, 5.74) is 0. The van der Waals surface area contributed by atoms with E-state index in [0.717, 1.165) is 32.6 Å². The molecule has 2 saturated heterocycles. The molecule has 16 heavy (non-hydrogen) atoms. The molecule has 4 nitrogen and oxygen atoms in total. The SMILES string of the molecule is CC1CCNC1C(=O)N1CCN(C)C(C)C1. The van der Waals surface area contributed by atoms with Crippen LogP contribution in [0.15, 0.2) is 0 Å². The number of carbonyl (C=O) groups is 1. The molecule has 2 fully saturated rings. The van der Waals surface area contributed by atoms with Gasteiger partial charge in [0.25, 0.3) is 0 Å². The maximum absolute atomic E-state index is 12.3. The zero-order valence-corrected chi connectivity index (χ0v) is 10.6. The smallest absolute Gasteiger partial charge is 0.240 e. The maximum atomic E-state index is 12.3. The minimum atomic E-state index is 0.0654. The van der Waals surface area contributed by atoms with E-state index in [2.05, 4.69) is 31.1 Å². The van der Waals surface area contributed by atoms with E-state index in [4.69, 9.17) is 0 Å². The number of nitrogens with zero attached hydrogens (tertiary/aromatic N) is 2. The second kappa shape index (κ2) is 4.72. The van der Waals surface area contributed by atoms with Gasteiger partial charge in [0.1, 0.15) is 0 Å². The molecule has 3 unspecified atom stereocenters. The highest BCUT2D eigenvalue weighted by molar-refractivity contribution is 5.82. The lowest BCUT2D eigenvalue weighted by Gasteiger charge is -2.39. The summed E-state index contributed by atoms with van der Waals surface area (Å²) >= 11 is 0. The molecule has 2 aliphatic heterocycles. The van der Waals surface area contributed by atoms with Gasteiger partial charge in [-0.25, -0.2) is 0 Å². The molecule has 0 aromatic carbocycles. The third-order valence-corrected chi connectivity index (χ3v) is 4.07. The summed E-state index contributed by atoms with van der Waals surface area (Å²) in [5, 5.41) is 3.32. The lowest BCUT2D eigenvalue weighted by molar-refractivity contribution is -0.136. The van der Waals surface area contributed by atoms with Gasteiger partial charge >= 0.3 is 0 Å². The van der Waals surface area contributed by atoms with Crippen LogP contribution in [0, 0.1) is 5.92 Å². The van der Waals surface area contributed by atoms with E-state index in [1.165, 1.54) is 0 Å². The molecular formula is C12H23N3O. The van der Waals surface area contributed by atoms with Gasteiger partial charge < -0.3 is 15.1 Å². The maximum Gasteiger partial charge on any atom is 0.240 e. The minimum Gasteiger partial charge on any atom is -0.338 e. The Hall–Kier alpha value is -0.610. The predicted molar refractivity (Wildman–Crippen MR) is 64.2 cm³/mol. The van der Waals surface area contributed by atoms with Crippen molar-refractivity contribution < 1.29 is 4.79 Å². The topological polar surface area (TPSA) is 35.6 Å². The quantitative estimate of drug-likeness (QED) is 0.690. The van der Waals surface area contributed by atoms with Crippen LogP contribution in [0.3, 0.4) is 0 Å². The van der Waals surface area contributed by atoms with E-state index in [-0.39, 0.29) is 6.04 Å². The van der Waals surface area contributed by atoms with Crippen LogP contribution < -0.4 is 5.32 Å². The monoisotopic (exact) mass is 225 g/mol. The van der Waals surface area contributed by atoms with Crippen LogP contribution in [0.1, 0.15) is 20.3 Å². The molecule has 0 aliphatic carbocycles. The summed E-state index contributed by atoms with van der Waals surface area (Å²) in [5.74, 6) is 0.799. The van der Waals surface area contributed by atoms with Crippen LogP contribution in [-0.2, 0) is 4.79 Å². The Morgan fingerprint density at radius 1 is 1.31 bits per heavy atom. The van der Waals surface area contributed by atoms with Gasteiger partial charge in [-0.2, -0.15) is 0 Å². The Morgan fingerprint density at radius 2 is 2.06 bits per heavy atom. The van der Waals surface area contributed by atoms with Crippen molar-refractivity contribution in [1.29, 1.82) is 0 Å². The standard InChI is InChI=1S/C12H23N3O/c1-9-4-5-13-11(9)12(16)15-7-6-14(3)10(2)8-15/h9-11,13H,4-8H2,1-3H3. The zero-order valence-electron chi connectivity index (χ0n) is 10.6. The van der Waals surface area contributed by atoms with E-state index in [9.17, 15) is 4.79 Å². The Morgan fingerprint density at radius 3 is 2.62 bits per heavy atom. The normalized spacial score (nSPS) is 36.7. The van der Waals surface area contributed by atoms with Crippen LogP contribution in [0.4, 0.5) is 0 Å². The van der Waals surface area contributed by atoms with Crippen molar-refractivity contribution in [2.75, 3.05) is 33.2 Å². The van der Waals surface area contributed by atoms with E-state index < -0.39 is 0 Å². The highest BCUT2D eigenvalue weighted by Crippen LogP contribution is 2.18. The van der Waals surface area contributed by atoms with E-state index in [1.54, 1.807) is 0 Å². The van der Waals surface area contributed by atoms with Crippen molar-refractivity contribution in [2.45, 2.75) is 32.4 Å². The number of likely N-dealkylation sites (N-methyl/N-ethyl adjacent to an activating group) is 1. The van der Waals surface area contributed by atoms with Gasteiger partial charge in [0.05, 0.1) is 6.04 Å². The van der Waals surface area contributed by atoms with Gasteiger partial charge in [0.15, 0.2) is 0 Å². The molecule has 1 amide bonds. The van der Waals surface area contributed by atoms with Gasteiger partial charge in [0, 0.05) is 25.7 Å². The summed E-state index contributed by atoms with van der Waals surface area (Å²) in [6, 6.07) is 0.546. The van der Waals surface area contributed by atoms with Crippen molar-refractivity contribution in [2.24, 2.45) is 5.92 Å². The van der Waals surface area contributed by atoms with Crippen molar-refractivity contribution >= 4 is 5.91 Å². The summed E-state index contributed by atoms with van der Waals surface area (Å²) in [6.07, 6.45) is 1.12. The number of rotatable bonds is 1. The lowest BCUT2D eigenvalue weighted by atomic mass is 10.0. The Labute approximate surface area is 98.0 Å². The van der Waals surface area contributed by atoms with E-state index in [1.807, 2.05) is 4.90 Å². The lowest BCUT2D eigenvalue weighted by Crippen LogP contribution is -2.56. The van der Waals surface area contributed by atoms with Crippen molar-refractivity contribution in [3.63, 3.8) is 0 Å². The first kappa shape index (κ1) is 11.9. The largest absolute Gasteiger partial charge is 0.338 e. The molecule has 0 bridgehead atoms. The highest BCUT2D eigenvalue weighted by Gasteiger charge is 2.34. The van der Waals surface area contributed by atoms with E-state index in [0.29, 0.717) is 17.9 Å². The highest BCUT2D eigenvalue weighted by atomic mass is 16.2. The average Bonchev–Trinajstić information content (AvgIpc) is 2.67. The van der Waals surface area contributed by atoms with Crippen molar-refractivity contribution in [3.05, 3.63) is 0 Å². The van der Waals surface area contributed by atoms with Gasteiger partial charge in [-0.1, -0.05) is 6.92 Å². The predicted octanol–water partition coefficient (Wildman–Crippen LogP) is 0.147. The van der Waals surface area contributed by atoms with Gasteiger partial charge in [0.2, 0.25) is 5.91 Å². The number of hydrogen-bond donors (Lipinski definition) is 1. The third kappa shape index (κ3) is 2.23. The molecule has 0 aromatic rings. The Bertz CT molecular complexity index is 269. The van der Waals surface area contributed by atoms with Gasteiger partial charge in [-0.3, -0.25) is 4.79 Å². The number of nitrogens with one attached hydrogen (secondary N) is 1. The average molecular weight is 225 g/mol. The fraction of sp³-hybridized carbons (Fsp3) is 0.917. The van der Waals surface area contributed by atoms with Crippen molar-refractivity contribution in [1.82, 2.24) is 15.1 Å². The molecule has 3 atom stereocenters. The first-order valence-electron chi connectivity index (χ1n) is 6.32. The third-order valence-electron chi connectivity index (χ3n) is 4.07. The molecule has 0 radical (unpaired) electrons. The number of hydrogen-bond acceptors (Lipinski definition) is 3. The summed E-state index contributed by atoms with van der Waals surface area (Å²) in [4.78, 5) is 16.7. The molecule has 0 spiro atoms. The molecule has 2 heterocycles. The fourth-order valence-corrected chi connectivity index (χ4v) is 2.61.